The Balaban J connectivity index is 1.98. The van der Waals surface area contributed by atoms with Crippen LogP contribution in [0.25, 0.3) is 5.57 Å². The summed E-state index contributed by atoms with van der Waals surface area (Å²) in [7, 11) is 0. The van der Waals surface area contributed by atoms with Crippen LogP contribution in [0.4, 0.5) is 0 Å². The third-order valence-electron chi connectivity index (χ3n) is 4.27. The average Bonchev–Trinajstić information content (AvgIpc) is 2.74. The van der Waals surface area contributed by atoms with E-state index in [4.69, 9.17) is 0 Å². The van der Waals surface area contributed by atoms with Gasteiger partial charge in [0, 0.05) is 0 Å². The average molecular weight is 438 g/mol. The summed E-state index contributed by atoms with van der Waals surface area (Å²) in [6.45, 7) is 2.27. The Bertz CT molecular complexity index is 784. The zero-order valence-electron chi connectivity index (χ0n) is 15.8. The molecule has 0 atom stereocenters. The SMILES string of the molecule is CCCCSC([Se]Cc1ccccc1)=C(c1ccccc1)c1ccccc1. The van der Waals surface area contributed by atoms with Crippen LogP contribution in [0.15, 0.2) is 94.8 Å². The molecule has 0 aliphatic rings. The molecule has 27 heavy (non-hydrogen) atoms. The molecule has 3 aromatic rings. The first-order valence-electron chi connectivity index (χ1n) is 9.53. The molecule has 0 nitrogen and oxygen atoms in total. The van der Waals surface area contributed by atoms with E-state index in [-0.39, 0.29) is 0 Å². The molecule has 0 saturated heterocycles. The van der Waals surface area contributed by atoms with Gasteiger partial charge in [0.2, 0.25) is 0 Å². The molecule has 0 heterocycles. The standard InChI is InChI=1S/C25H26SSe/c1-2-3-19-26-25(27-20-21-13-7-4-8-14-21)24(22-15-9-5-10-16-22)23-17-11-6-12-18-23/h4-18H,2-3,19-20H2,1H3. The van der Waals surface area contributed by atoms with E-state index >= 15 is 0 Å². The van der Waals surface area contributed by atoms with Crippen molar-refractivity contribution in [1.82, 2.24) is 0 Å². The molecule has 0 saturated carbocycles. The van der Waals surface area contributed by atoms with E-state index in [1.165, 1.54) is 40.9 Å². The molecule has 0 fully saturated rings. The van der Waals surface area contributed by atoms with Crippen molar-refractivity contribution >= 4 is 32.3 Å². The Morgan fingerprint density at radius 3 is 1.78 bits per heavy atom. The van der Waals surface area contributed by atoms with E-state index in [9.17, 15) is 0 Å². The fraction of sp³-hybridized carbons (Fsp3) is 0.200. The van der Waals surface area contributed by atoms with E-state index in [1.807, 2.05) is 0 Å². The molecule has 0 aromatic heterocycles. The quantitative estimate of drug-likeness (QED) is 0.261. The summed E-state index contributed by atoms with van der Waals surface area (Å²) in [5.41, 5.74) is 5.52. The van der Waals surface area contributed by atoms with Crippen molar-refractivity contribution in [3.63, 3.8) is 0 Å². The van der Waals surface area contributed by atoms with Crippen LogP contribution in [-0.2, 0) is 5.32 Å². The maximum absolute atomic E-state index is 2.27. The zero-order chi connectivity index (χ0) is 18.7. The molecule has 0 amide bonds. The normalized spacial score (nSPS) is 10.6. The third-order valence-corrected chi connectivity index (χ3v) is 8.57. The molecule has 0 N–H and O–H groups in total. The second-order valence-electron chi connectivity index (χ2n) is 6.37. The fourth-order valence-electron chi connectivity index (χ4n) is 2.83. The molecule has 138 valence electrons. The molecule has 2 heteroatoms. The summed E-state index contributed by atoms with van der Waals surface area (Å²) >= 11 is 2.49. The monoisotopic (exact) mass is 438 g/mol. The van der Waals surface area contributed by atoms with Gasteiger partial charge in [-0.15, -0.1) is 0 Å². The molecule has 0 aliphatic carbocycles. The van der Waals surface area contributed by atoms with E-state index in [0.717, 1.165) is 5.32 Å². The number of rotatable bonds is 9. The van der Waals surface area contributed by atoms with Gasteiger partial charge in [-0.3, -0.25) is 0 Å². The van der Waals surface area contributed by atoms with Crippen LogP contribution in [0, 0.1) is 0 Å². The van der Waals surface area contributed by atoms with Gasteiger partial charge in [0.15, 0.2) is 0 Å². The number of benzene rings is 3. The minimum absolute atomic E-state index is 0.417. The molecule has 0 radical (unpaired) electrons. The first-order valence-corrected chi connectivity index (χ1v) is 12.6. The van der Waals surface area contributed by atoms with Crippen molar-refractivity contribution in [2.75, 3.05) is 5.75 Å². The zero-order valence-corrected chi connectivity index (χ0v) is 18.3. The molecular formula is C25H26SSe. The molecular weight excluding hydrogens is 411 g/mol. The van der Waals surface area contributed by atoms with Gasteiger partial charge in [0.1, 0.15) is 0 Å². The predicted molar refractivity (Wildman–Crippen MR) is 122 cm³/mol. The van der Waals surface area contributed by atoms with Crippen LogP contribution in [0.3, 0.4) is 0 Å². The fourth-order valence-corrected chi connectivity index (χ4v) is 7.09. The van der Waals surface area contributed by atoms with Crippen molar-refractivity contribution in [3.8, 4) is 0 Å². The van der Waals surface area contributed by atoms with Gasteiger partial charge < -0.3 is 0 Å². The predicted octanol–water partition coefficient (Wildman–Crippen LogP) is 6.84. The van der Waals surface area contributed by atoms with Gasteiger partial charge in [0.05, 0.1) is 0 Å². The number of hydrogen-bond donors (Lipinski definition) is 0. The Kier molecular flexibility index (Phi) is 8.30. The maximum atomic E-state index is 2.27. The van der Waals surface area contributed by atoms with Crippen LogP contribution in [0.5, 0.6) is 0 Å². The van der Waals surface area contributed by atoms with E-state index in [1.54, 1.807) is 3.80 Å². The Morgan fingerprint density at radius 2 is 1.26 bits per heavy atom. The van der Waals surface area contributed by atoms with E-state index in [0.29, 0.717) is 15.0 Å². The Hall–Kier alpha value is -1.73. The molecule has 3 aromatic carbocycles. The summed E-state index contributed by atoms with van der Waals surface area (Å²) in [5, 5.41) is 1.14. The first kappa shape index (κ1) is 20.0. The molecule has 0 bridgehead atoms. The second kappa shape index (κ2) is 11.2. The van der Waals surface area contributed by atoms with Crippen molar-refractivity contribution in [3.05, 3.63) is 111 Å². The molecule has 0 unspecified atom stereocenters. The van der Waals surface area contributed by atoms with Crippen LogP contribution < -0.4 is 0 Å². The molecule has 0 spiro atoms. The summed E-state index contributed by atoms with van der Waals surface area (Å²) in [6, 6.07) is 32.7. The van der Waals surface area contributed by atoms with E-state index < -0.39 is 0 Å². The van der Waals surface area contributed by atoms with E-state index in [2.05, 4.69) is 110 Å². The number of hydrogen-bond acceptors (Lipinski definition) is 1. The summed E-state index contributed by atoms with van der Waals surface area (Å²) in [4.78, 5) is 0. The summed E-state index contributed by atoms with van der Waals surface area (Å²) < 4.78 is 1.57. The summed E-state index contributed by atoms with van der Waals surface area (Å²) in [6.07, 6.45) is 2.52. The van der Waals surface area contributed by atoms with Crippen molar-refractivity contribution in [1.29, 1.82) is 0 Å². The van der Waals surface area contributed by atoms with Crippen molar-refractivity contribution in [2.45, 2.75) is 25.1 Å². The van der Waals surface area contributed by atoms with Gasteiger partial charge in [0.25, 0.3) is 0 Å². The first-order chi connectivity index (χ1) is 13.4. The number of thioether (sulfide) groups is 1. The van der Waals surface area contributed by atoms with Gasteiger partial charge >= 0.3 is 175 Å². The Morgan fingerprint density at radius 1 is 0.741 bits per heavy atom. The van der Waals surface area contributed by atoms with Crippen LogP contribution >= 0.6 is 11.8 Å². The minimum atomic E-state index is 0.417. The number of unbranched alkanes of at least 4 members (excludes halogenated alkanes) is 1. The topological polar surface area (TPSA) is 0 Å². The summed E-state index contributed by atoms with van der Waals surface area (Å²) in [5.74, 6) is 1.20. The second-order valence-corrected chi connectivity index (χ2v) is 10.1. The molecule has 3 rings (SSSR count). The third kappa shape index (κ3) is 6.14. The Labute approximate surface area is 174 Å². The molecule has 0 aliphatic heterocycles. The van der Waals surface area contributed by atoms with Crippen molar-refractivity contribution in [2.24, 2.45) is 0 Å². The van der Waals surface area contributed by atoms with Crippen LogP contribution in [0.1, 0.15) is 36.5 Å². The van der Waals surface area contributed by atoms with Gasteiger partial charge in [-0.1, -0.05) is 0 Å². The van der Waals surface area contributed by atoms with Crippen LogP contribution in [0.2, 0.25) is 0 Å². The van der Waals surface area contributed by atoms with Crippen molar-refractivity contribution < 1.29 is 0 Å². The van der Waals surface area contributed by atoms with Gasteiger partial charge in [-0.05, 0) is 0 Å². The van der Waals surface area contributed by atoms with Gasteiger partial charge in [-0.2, -0.15) is 0 Å². The van der Waals surface area contributed by atoms with Gasteiger partial charge in [-0.25, -0.2) is 0 Å². The van der Waals surface area contributed by atoms with Crippen LogP contribution in [-0.4, -0.2) is 20.7 Å².